The van der Waals surface area contributed by atoms with E-state index in [0.717, 1.165) is 22.6 Å². The summed E-state index contributed by atoms with van der Waals surface area (Å²) in [7, 11) is 4.67. The maximum Gasteiger partial charge on any atom is 0.165 e. The summed E-state index contributed by atoms with van der Waals surface area (Å²) in [6.07, 6.45) is 0.648. The molecule has 2 N–H and O–H groups in total. The second-order valence-corrected chi connectivity index (χ2v) is 5.21. The van der Waals surface area contributed by atoms with E-state index < -0.39 is 0 Å². The summed E-state index contributed by atoms with van der Waals surface area (Å²) in [5.41, 5.74) is 7.74. The first kappa shape index (κ1) is 17.1. The highest BCUT2D eigenvalue weighted by Gasteiger charge is 2.16. The summed E-state index contributed by atoms with van der Waals surface area (Å²) < 4.78 is 29.5. The van der Waals surface area contributed by atoms with E-state index in [1.54, 1.807) is 20.3 Å². The largest absolute Gasteiger partial charge is 0.497 e. The Kier molecular flexibility index (Phi) is 5.82. The van der Waals surface area contributed by atoms with E-state index in [4.69, 9.17) is 19.9 Å². The van der Waals surface area contributed by atoms with Crippen LogP contribution in [0, 0.1) is 5.82 Å². The molecule has 0 amide bonds. The van der Waals surface area contributed by atoms with Gasteiger partial charge < -0.3 is 19.9 Å². The average Bonchev–Trinajstić information content (AvgIpc) is 2.59. The monoisotopic (exact) mass is 319 g/mol. The molecule has 23 heavy (non-hydrogen) atoms. The van der Waals surface area contributed by atoms with E-state index in [2.05, 4.69) is 0 Å². The average molecular weight is 319 g/mol. The van der Waals surface area contributed by atoms with Gasteiger partial charge in [-0.15, -0.1) is 0 Å². The third-order valence-electron chi connectivity index (χ3n) is 3.89. The number of rotatable bonds is 7. The third-order valence-corrected chi connectivity index (χ3v) is 3.89. The van der Waals surface area contributed by atoms with Crippen LogP contribution in [0.3, 0.4) is 0 Å². The lowest BCUT2D eigenvalue weighted by molar-refractivity contribution is 0.385. The molecule has 2 aromatic rings. The lowest BCUT2D eigenvalue weighted by Crippen LogP contribution is -2.15. The zero-order valence-corrected chi connectivity index (χ0v) is 13.6. The first-order valence-corrected chi connectivity index (χ1v) is 7.37. The van der Waals surface area contributed by atoms with Crippen molar-refractivity contribution < 1.29 is 18.6 Å². The number of hydrogen-bond acceptors (Lipinski definition) is 4. The molecule has 0 saturated carbocycles. The quantitative estimate of drug-likeness (QED) is 0.852. The van der Waals surface area contributed by atoms with Gasteiger partial charge in [0.15, 0.2) is 11.6 Å². The number of hydrogen-bond donors (Lipinski definition) is 1. The lowest BCUT2D eigenvalue weighted by atomic mass is 9.91. The molecular formula is C18H22FNO3. The van der Waals surface area contributed by atoms with Crippen LogP contribution in [-0.4, -0.2) is 27.9 Å². The van der Waals surface area contributed by atoms with Crippen LogP contribution >= 0.6 is 0 Å². The van der Waals surface area contributed by atoms with Gasteiger partial charge in [0, 0.05) is 12.0 Å². The van der Waals surface area contributed by atoms with Crippen molar-refractivity contribution in [2.45, 2.75) is 12.3 Å². The fourth-order valence-corrected chi connectivity index (χ4v) is 2.56. The van der Waals surface area contributed by atoms with E-state index >= 15 is 0 Å². The molecule has 5 heteroatoms. The van der Waals surface area contributed by atoms with Gasteiger partial charge >= 0.3 is 0 Å². The Morgan fingerprint density at radius 3 is 2.26 bits per heavy atom. The predicted molar refractivity (Wildman–Crippen MR) is 88.0 cm³/mol. The Morgan fingerprint density at radius 1 is 0.957 bits per heavy atom. The van der Waals surface area contributed by atoms with Gasteiger partial charge in [0.05, 0.1) is 21.3 Å². The Hall–Kier alpha value is -2.27. The third kappa shape index (κ3) is 3.93. The van der Waals surface area contributed by atoms with Crippen LogP contribution in [0.25, 0.3) is 0 Å². The fraction of sp³-hybridized carbons (Fsp3) is 0.333. The van der Waals surface area contributed by atoms with Crippen LogP contribution in [0.4, 0.5) is 4.39 Å². The van der Waals surface area contributed by atoms with Gasteiger partial charge in [-0.25, -0.2) is 4.39 Å². The molecule has 4 nitrogen and oxygen atoms in total. The van der Waals surface area contributed by atoms with Crippen molar-refractivity contribution in [2.24, 2.45) is 5.73 Å². The first-order valence-electron chi connectivity index (χ1n) is 7.37. The Balaban J connectivity index is 2.27. The number of nitrogens with two attached hydrogens (primary N) is 1. The molecule has 0 bridgehead atoms. The highest BCUT2D eigenvalue weighted by molar-refractivity contribution is 5.42. The van der Waals surface area contributed by atoms with Crippen LogP contribution in [0.15, 0.2) is 36.4 Å². The molecule has 1 unspecified atom stereocenters. The molecule has 1 atom stereocenters. The number of ether oxygens (including phenoxy) is 3. The van der Waals surface area contributed by atoms with Crippen molar-refractivity contribution in [1.29, 1.82) is 0 Å². The first-order chi connectivity index (χ1) is 11.1. The van der Waals surface area contributed by atoms with Crippen molar-refractivity contribution in [3.8, 4) is 17.2 Å². The maximum absolute atomic E-state index is 13.9. The zero-order chi connectivity index (χ0) is 16.8. The number of halogens is 1. The minimum atomic E-state index is -0.384. The smallest absolute Gasteiger partial charge is 0.165 e. The van der Waals surface area contributed by atoms with E-state index in [1.807, 2.05) is 24.3 Å². The molecule has 0 heterocycles. The molecule has 0 spiro atoms. The molecule has 0 saturated heterocycles. The van der Waals surface area contributed by atoms with Crippen LogP contribution in [0.1, 0.15) is 17.0 Å². The number of methoxy groups -OCH3 is 3. The van der Waals surface area contributed by atoms with Crippen LogP contribution in [0.5, 0.6) is 17.2 Å². The van der Waals surface area contributed by atoms with Crippen LogP contribution < -0.4 is 19.9 Å². The van der Waals surface area contributed by atoms with Crippen molar-refractivity contribution in [3.63, 3.8) is 0 Å². The maximum atomic E-state index is 13.9. The van der Waals surface area contributed by atoms with Crippen molar-refractivity contribution in [1.82, 2.24) is 0 Å². The minimum Gasteiger partial charge on any atom is -0.497 e. The SMILES string of the molecule is COc1ccc(CC(CN)c2ccc(OC)c(F)c2)c(OC)c1. The molecule has 0 aliphatic carbocycles. The van der Waals surface area contributed by atoms with Crippen LogP contribution in [0.2, 0.25) is 0 Å². The zero-order valence-electron chi connectivity index (χ0n) is 13.6. The van der Waals surface area contributed by atoms with Crippen molar-refractivity contribution in [2.75, 3.05) is 27.9 Å². The van der Waals surface area contributed by atoms with Gasteiger partial charge in [-0.3, -0.25) is 0 Å². The Morgan fingerprint density at radius 2 is 1.70 bits per heavy atom. The lowest BCUT2D eigenvalue weighted by Gasteiger charge is -2.18. The summed E-state index contributed by atoms with van der Waals surface area (Å²) in [4.78, 5) is 0. The normalized spacial score (nSPS) is 11.9. The standard InChI is InChI=1S/C18H22FNO3/c1-21-15-6-4-13(18(10-15)23-3)8-14(11-20)12-5-7-17(22-2)16(19)9-12/h4-7,9-10,14H,8,11,20H2,1-3H3. The van der Waals surface area contributed by atoms with E-state index in [9.17, 15) is 4.39 Å². The molecule has 0 aliphatic heterocycles. The Bertz CT molecular complexity index is 661. The summed E-state index contributed by atoms with van der Waals surface area (Å²) in [5, 5.41) is 0. The molecule has 0 aliphatic rings. The van der Waals surface area contributed by atoms with E-state index in [1.165, 1.54) is 13.2 Å². The van der Waals surface area contributed by atoms with E-state index in [-0.39, 0.29) is 17.5 Å². The van der Waals surface area contributed by atoms with Crippen molar-refractivity contribution in [3.05, 3.63) is 53.3 Å². The highest BCUT2D eigenvalue weighted by Crippen LogP contribution is 2.30. The predicted octanol–water partition coefficient (Wildman–Crippen LogP) is 3.14. The summed E-state index contributed by atoms with van der Waals surface area (Å²) in [6.45, 7) is 0.404. The molecule has 0 radical (unpaired) electrons. The van der Waals surface area contributed by atoms with Gasteiger partial charge in [-0.05, 0) is 42.3 Å². The second-order valence-electron chi connectivity index (χ2n) is 5.21. The Labute approximate surface area is 136 Å². The van der Waals surface area contributed by atoms with Gasteiger partial charge in [0.25, 0.3) is 0 Å². The molecule has 2 rings (SSSR count). The van der Waals surface area contributed by atoms with Gasteiger partial charge in [-0.2, -0.15) is 0 Å². The summed E-state index contributed by atoms with van der Waals surface area (Å²) in [6, 6.07) is 10.6. The van der Waals surface area contributed by atoms with Gasteiger partial charge in [0.1, 0.15) is 11.5 Å². The molecule has 2 aromatic carbocycles. The van der Waals surface area contributed by atoms with Crippen molar-refractivity contribution >= 4 is 0 Å². The van der Waals surface area contributed by atoms with Crippen LogP contribution in [-0.2, 0) is 6.42 Å². The molecule has 0 fully saturated rings. The second kappa shape index (κ2) is 7.83. The van der Waals surface area contributed by atoms with E-state index in [0.29, 0.717) is 13.0 Å². The van der Waals surface area contributed by atoms with Gasteiger partial charge in [0.2, 0.25) is 0 Å². The highest BCUT2D eigenvalue weighted by atomic mass is 19.1. The molecular weight excluding hydrogens is 297 g/mol. The number of benzene rings is 2. The molecule has 0 aromatic heterocycles. The minimum absolute atomic E-state index is 0.0160. The topological polar surface area (TPSA) is 53.7 Å². The molecule has 124 valence electrons. The van der Waals surface area contributed by atoms with Gasteiger partial charge in [-0.1, -0.05) is 12.1 Å². The summed E-state index contributed by atoms with van der Waals surface area (Å²) >= 11 is 0. The summed E-state index contributed by atoms with van der Waals surface area (Å²) in [5.74, 6) is 1.29. The fourth-order valence-electron chi connectivity index (χ4n) is 2.56.